The van der Waals surface area contributed by atoms with Crippen molar-refractivity contribution in [2.45, 2.75) is 39.0 Å². The van der Waals surface area contributed by atoms with Gasteiger partial charge in [0.25, 0.3) is 5.91 Å². The third-order valence-corrected chi connectivity index (χ3v) is 7.02. The molecular weight excluding hydrogens is 463 g/mol. The zero-order chi connectivity index (χ0) is 25.2. The minimum absolute atomic E-state index is 0.103. The van der Waals surface area contributed by atoms with Crippen LogP contribution in [-0.4, -0.2) is 46.5 Å². The van der Waals surface area contributed by atoms with Gasteiger partial charge in [-0.05, 0) is 61.2 Å². The lowest BCUT2D eigenvalue weighted by molar-refractivity contribution is -0.121. The Hall–Kier alpha value is -3.72. The van der Waals surface area contributed by atoms with Crippen LogP contribution in [0.25, 0.3) is 0 Å². The van der Waals surface area contributed by atoms with Gasteiger partial charge in [0.2, 0.25) is 5.91 Å². The Morgan fingerprint density at radius 2 is 1.89 bits per heavy atom. The van der Waals surface area contributed by atoms with Crippen molar-refractivity contribution >= 4 is 17.5 Å². The van der Waals surface area contributed by atoms with Crippen LogP contribution in [0.1, 0.15) is 46.3 Å². The number of fused-ring (bicyclic) bond motifs is 1. The highest BCUT2D eigenvalue weighted by Gasteiger charge is 2.32. The number of hydrogen-bond donors (Lipinski definition) is 1. The Morgan fingerprint density at radius 3 is 2.58 bits per heavy atom. The van der Waals surface area contributed by atoms with Crippen LogP contribution in [-0.2, 0) is 22.7 Å². The van der Waals surface area contributed by atoms with Gasteiger partial charge in [-0.1, -0.05) is 12.1 Å². The van der Waals surface area contributed by atoms with Gasteiger partial charge in [0.05, 0.1) is 32.3 Å². The van der Waals surface area contributed by atoms with Crippen molar-refractivity contribution in [3.05, 3.63) is 77.1 Å². The van der Waals surface area contributed by atoms with Gasteiger partial charge in [-0.3, -0.25) is 9.59 Å². The fraction of sp³-hybridized carbons (Fsp3) is 0.370. The lowest BCUT2D eigenvalue weighted by Gasteiger charge is -2.31. The number of hydrogen-bond acceptors (Lipinski definition) is 5. The molecule has 1 unspecified atom stereocenters. The summed E-state index contributed by atoms with van der Waals surface area (Å²) in [7, 11) is 1.63. The van der Waals surface area contributed by atoms with Crippen LogP contribution < -0.4 is 10.1 Å². The molecule has 1 saturated heterocycles. The standard InChI is InChI=1S/C27H29FN4O4/c1-17-13-20(28)5-8-22(17)30-26(33)19-9-11-31(12-10-19)27(34)25-23-15-36-24(14-32(23)16-29-25)18-3-6-21(35-2)7-4-18/h3-8,13,16,19,24H,9-12,14-15H2,1-2H3,(H,30,33). The van der Waals surface area contributed by atoms with Crippen molar-refractivity contribution in [2.24, 2.45) is 5.92 Å². The van der Waals surface area contributed by atoms with Crippen molar-refractivity contribution in [1.29, 1.82) is 0 Å². The van der Waals surface area contributed by atoms with Crippen LogP contribution in [0.3, 0.4) is 0 Å². The molecule has 0 radical (unpaired) electrons. The molecule has 1 atom stereocenters. The van der Waals surface area contributed by atoms with E-state index in [0.717, 1.165) is 17.0 Å². The molecule has 0 bridgehead atoms. The number of amides is 2. The van der Waals surface area contributed by atoms with Gasteiger partial charge < -0.3 is 24.3 Å². The molecule has 0 aliphatic carbocycles. The second-order valence-corrected chi connectivity index (χ2v) is 9.28. The van der Waals surface area contributed by atoms with Crippen LogP contribution >= 0.6 is 0 Å². The monoisotopic (exact) mass is 492 g/mol. The number of aryl methyl sites for hydroxylation is 1. The molecule has 0 saturated carbocycles. The summed E-state index contributed by atoms with van der Waals surface area (Å²) in [6.07, 6.45) is 2.69. The van der Waals surface area contributed by atoms with Crippen molar-refractivity contribution in [1.82, 2.24) is 14.5 Å². The Labute approximate surface area is 209 Å². The molecule has 3 aromatic rings. The van der Waals surface area contributed by atoms with E-state index in [1.165, 1.54) is 12.1 Å². The summed E-state index contributed by atoms with van der Waals surface area (Å²) in [5.41, 5.74) is 3.51. The summed E-state index contributed by atoms with van der Waals surface area (Å²) in [4.78, 5) is 32.2. The minimum atomic E-state index is -0.333. The molecule has 1 fully saturated rings. The summed E-state index contributed by atoms with van der Waals surface area (Å²) in [6, 6.07) is 12.1. The molecule has 36 heavy (non-hydrogen) atoms. The second kappa shape index (κ2) is 10.1. The maximum atomic E-state index is 13.3. The van der Waals surface area contributed by atoms with E-state index in [2.05, 4.69) is 10.3 Å². The van der Waals surface area contributed by atoms with Gasteiger partial charge in [-0.2, -0.15) is 0 Å². The number of nitrogens with one attached hydrogen (secondary N) is 1. The fourth-order valence-corrected chi connectivity index (χ4v) is 4.82. The van der Waals surface area contributed by atoms with Crippen molar-refractivity contribution in [2.75, 3.05) is 25.5 Å². The molecule has 2 aliphatic heterocycles. The van der Waals surface area contributed by atoms with Gasteiger partial charge in [0.1, 0.15) is 17.7 Å². The number of nitrogens with zero attached hydrogens (tertiary/aromatic N) is 3. The van der Waals surface area contributed by atoms with E-state index < -0.39 is 0 Å². The molecule has 8 nitrogen and oxygen atoms in total. The Balaban J connectivity index is 1.18. The molecule has 2 aliphatic rings. The van der Waals surface area contributed by atoms with E-state index in [1.807, 2.05) is 28.8 Å². The van der Waals surface area contributed by atoms with E-state index in [-0.39, 0.29) is 29.7 Å². The van der Waals surface area contributed by atoms with E-state index in [1.54, 1.807) is 31.3 Å². The lowest BCUT2D eigenvalue weighted by atomic mass is 9.95. The molecule has 1 aromatic heterocycles. The van der Waals surface area contributed by atoms with Gasteiger partial charge >= 0.3 is 0 Å². The molecule has 1 N–H and O–H groups in total. The molecule has 3 heterocycles. The first kappa shape index (κ1) is 24.0. The quantitative estimate of drug-likeness (QED) is 0.580. The topological polar surface area (TPSA) is 85.7 Å². The number of methoxy groups -OCH3 is 1. The van der Waals surface area contributed by atoms with Crippen molar-refractivity contribution in [3.8, 4) is 5.75 Å². The molecule has 9 heteroatoms. The van der Waals surface area contributed by atoms with Gasteiger partial charge in [0, 0.05) is 24.7 Å². The largest absolute Gasteiger partial charge is 0.497 e. The highest BCUT2D eigenvalue weighted by molar-refractivity contribution is 5.95. The van der Waals surface area contributed by atoms with E-state index >= 15 is 0 Å². The number of piperidine rings is 1. The average molecular weight is 493 g/mol. The molecule has 5 rings (SSSR count). The smallest absolute Gasteiger partial charge is 0.274 e. The molecule has 2 amide bonds. The van der Waals surface area contributed by atoms with E-state index in [9.17, 15) is 14.0 Å². The predicted octanol–water partition coefficient (Wildman–Crippen LogP) is 4.10. The molecule has 2 aromatic carbocycles. The van der Waals surface area contributed by atoms with Crippen LogP contribution in [0.5, 0.6) is 5.75 Å². The number of halogens is 1. The normalized spacial score (nSPS) is 18.0. The molecule has 188 valence electrons. The highest BCUT2D eigenvalue weighted by Crippen LogP contribution is 2.30. The number of rotatable bonds is 5. The lowest BCUT2D eigenvalue weighted by Crippen LogP contribution is -2.42. The highest BCUT2D eigenvalue weighted by atomic mass is 19.1. The summed E-state index contributed by atoms with van der Waals surface area (Å²) in [6.45, 7) is 3.58. The third kappa shape index (κ3) is 4.83. The maximum Gasteiger partial charge on any atom is 0.274 e. The summed E-state index contributed by atoms with van der Waals surface area (Å²) < 4.78 is 26.6. The molecular formula is C27H29FN4O4. The van der Waals surface area contributed by atoms with Crippen LogP contribution in [0.4, 0.5) is 10.1 Å². The molecule has 0 spiro atoms. The van der Waals surface area contributed by atoms with Crippen LogP contribution in [0.2, 0.25) is 0 Å². The van der Waals surface area contributed by atoms with Crippen molar-refractivity contribution in [3.63, 3.8) is 0 Å². The summed E-state index contributed by atoms with van der Waals surface area (Å²) >= 11 is 0. The zero-order valence-electron chi connectivity index (χ0n) is 20.4. The SMILES string of the molecule is COc1ccc(C2Cn3cnc(C(=O)N4CCC(C(=O)Nc5ccc(F)cc5C)CC4)c3CO2)cc1. The van der Waals surface area contributed by atoms with E-state index in [0.29, 0.717) is 56.0 Å². The summed E-state index contributed by atoms with van der Waals surface area (Å²) in [5.74, 6) is 0.0127. The van der Waals surface area contributed by atoms with Crippen LogP contribution in [0.15, 0.2) is 48.8 Å². The number of carbonyl (C=O) groups excluding carboxylic acids is 2. The number of likely N-dealkylation sites (tertiary alicyclic amines) is 1. The minimum Gasteiger partial charge on any atom is -0.497 e. The first-order valence-electron chi connectivity index (χ1n) is 12.1. The van der Waals surface area contributed by atoms with Gasteiger partial charge in [-0.25, -0.2) is 9.37 Å². The second-order valence-electron chi connectivity index (χ2n) is 9.28. The zero-order valence-corrected chi connectivity index (χ0v) is 20.4. The van der Waals surface area contributed by atoms with Gasteiger partial charge in [-0.15, -0.1) is 0 Å². The first-order chi connectivity index (χ1) is 17.4. The van der Waals surface area contributed by atoms with Crippen LogP contribution in [0, 0.1) is 18.7 Å². The van der Waals surface area contributed by atoms with Gasteiger partial charge in [0.15, 0.2) is 5.69 Å². The Kier molecular flexibility index (Phi) is 6.73. The Bertz CT molecular complexity index is 1270. The third-order valence-electron chi connectivity index (χ3n) is 7.02. The number of anilines is 1. The number of aromatic nitrogens is 2. The number of ether oxygens (including phenoxy) is 2. The van der Waals surface area contributed by atoms with Crippen molar-refractivity contribution < 1.29 is 23.5 Å². The Morgan fingerprint density at radius 1 is 1.14 bits per heavy atom. The number of imidazole rings is 1. The predicted molar refractivity (Wildman–Crippen MR) is 131 cm³/mol. The van der Waals surface area contributed by atoms with E-state index in [4.69, 9.17) is 9.47 Å². The number of benzene rings is 2. The summed E-state index contributed by atoms with van der Waals surface area (Å²) in [5, 5.41) is 2.90. The number of carbonyl (C=O) groups is 2. The average Bonchev–Trinajstić information content (AvgIpc) is 3.33. The maximum absolute atomic E-state index is 13.3. The first-order valence-corrected chi connectivity index (χ1v) is 12.1. The fourth-order valence-electron chi connectivity index (χ4n) is 4.82.